The number of carbonyl (C=O) groups excluding carboxylic acids is 2. The van der Waals surface area contributed by atoms with Crippen LogP contribution in [0.15, 0.2) is 10.6 Å². The molecule has 1 aromatic heterocycles. The lowest BCUT2D eigenvalue weighted by molar-refractivity contribution is -0.135. The molecule has 0 unspecified atom stereocenters. The van der Waals surface area contributed by atoms with Crippen molar-refractivity contribution in [3.05, 3.63) is 11.8 Å². The molecule has 142 valence electrons. The third-order valence-electron chi connectivity index (χ3n) is 4.05. The number of carbonyl (C=O) groups is 2. The molecule has 1 N–H and O–H groups in total. The number of nitrogens with zero attached hydrogens (tertiary/aromatic N) is 2. The predicted molar refractivity (Wildman–Crippen MR) is 99.3 cm³/mol. The molecule has 0 aliphatic rings. The molecule has 0 spiro atoms. The van der Waals surface area contributed by atoms with Crippen LogP contribution in [0.3, 0.4) is 0 Å². The number of amides is 2. The zero-order valence-corrected chi connectivity index (χ0v) is 16.1. The fraction of sp³-hybridized carbons (Fsp3) is 0.737. The maximum atomic E-state index is 12.5. The van der Waals surface area contributed by atoms with Gasteiger partial charge in [-0.05, 0) is 25.7 Å². The highest BCUT2D eigenvalue weighted by Crippen LogP contribution is 2.11. The summed E-state index contributed by atoms with van der Waals surface area (Å²) in [4.78, 5) is 26.4. The summed E-state index contributed by atoms with van der Waals surface area (Å²) >= 11 is 0. The Kier molecular flexibility index (Phi) is 9.88. The van der Waals surface area contributed by atoms with E-state index in [1.54, 1.807) is 17.9 Å². The lowest BCUT2D eigenvalue weighted by atomic mass is 10.1. The fourth-order valence-electron chi connectivity index (χ4n) is 2.52. The number of aryl methyl sites for hydroxylation is 1. The van der Waals surface area contributed by atoms with Crippen LogP contribution >= 0.6 is 0 Å². The number of anilines is 1. The van der Waals surface area contributed by atoms with Crippen LogP contribution in [0.5, 0.6) is 0 Å². The molecule has 1 aromatic rings. The summed E-state index contributed by atoms with van der Waals surface area (Å²) < 4.78 is 4.94. The highest BCUT2D eigenvalue weighted by atomic mass is 16.5. The van der Waals surface area contributed by atoms with Crippen LogP contribution in [-0.2, 0) is 9.59 Å². The van der Waals surface area contributed by atoms with Gasteiger partial charge in [0.15, 0.2) is 5.82 Å². The molecule has 2 amide bonds. The average molecular weight is 351 g/mol. The first-order valence-corrected chi connectivity index (χ1v) is 9.43. The Balaban J connectivity index is 2.49. The molecule has 6 heteroatoms. The predicted octanol–water partition coefficient (Wildman–Crippen LogP) is 4.16. The Morgan fingerprint density at radius 3 is 2.56 bits per heavy atom. The van der Waals surface area contributed by atoms with Gasteiger partial charge in [-0.15, -0.1) is 0 Å². The second-order valence-electron chi connectivity index (χ2n) is 7.03. The van der Waals surface area contributed by atoms with E-state index in [-0.39, 0.29) is 18.4 Å². The van der Waals surface area contributed by atoms with Gasteiger partial charge >= 0.3 is 0 Å². The molecule has 0 fully saturated rings. The molecule has 6 nitrogen and oxygen atoms in total. The van der Waals surface area contributed by atoms with Gasteiger partial charge in [0.25, 0.3) is 0 Å². The minimum Gasteiger partial charge on any atom is -0.360 e. The number of aromatic nitrogens is 1. The van der Waals surface area contributed by atoms with Crippen molar-refractivity contribution in [3.63, 3.8) is 0 Å². The largest absolute Gasteiger partial charge is 0.360 e. The molecule has 0 bridgehead atoms. The first-order chi connectivity index (χ1) is 11.9. The fourth-order valence-corrected chi connectivity index (χ4v) is 2.52. The Morgan fingerprint density at radius 1 is 1.24 bits per heavy atom. The van der Waals surface area contributed by atoms with E-state index in [0.29, 0.717) is 30.5 Å². The molecule has 0 saturated heterocycles. The van der Waals surface area contributed by atoms with Crippen molar-refractivity contribution in [1.29, 1.82) is 0 Å². The summed E-state index contributed by atoms with van der Waals surface area (Å²) in [6.45, 7) is 8.84. The quantitative estimate of drug-likeness (QED) is 0.574. The number of hydrogen-bond donors (Lipinski definition) is 1. The van der Waals surface area contributed by atoms with Gasteiger partial charge in [0.1, 0.15) is 5.76 Å². The van der Waals surface area contributed by atoms with E-state index >= 15 is 0 Å². The Labute approximate surface area is 151 Å². The highest BCUT2D eigenvalue weighted by Gasteiger charge is 2.18. The van der Waals surface area contributed by atoms with Crippen molar-refractivity contribution in [2.75, 3.05) is 18.4 Å². The highest BCUT2D eigenvalue weighted by molar-refractivity contribution is 5.93. The van der Waals surface area contributed by atoms with Crippen molar-refractivity contribution in [2.24, 2.45) is 5.92 Å². The van der Waals surface area contributed by atoms with Gasteiger partial charge in [0.2, 0.25) is 11.8 Å². The van der Waals surface area contributed by atoms with E-state index in [9.17, 15) is 9.59 Å². The monoisotopic (exact) mass is 351 g/mol. The van der Waals surface area contributed by atoms with Gasteiger partial charge in [0, 0.05) is 19.0 Å². The lowest BCUT2D eigenvalue weighted by Gasteiger charge is -2.23. The SMILES string of the molecule is CCCCCCCC(=O)N(CCC(C)C)CC(=O)Nc1cc(C)on1. The van der Waals surface area contributed by atoms with E-state index in [0.717, 1.165) is 19.3 Å². The third kappa shape index (κ3) is 9.27. The van der Waals surface area contributed by atoms with E-state index < -0.39 is 0 Å². The van der Waals surface area contributed by atoms with Crippen molar-refractivity contribution < 1.29 is 14.1 Å². The first kappa shape index (κ1) is 21.2. The molecular formula is C19H33N3O3. The second kappa shape index (κ2) is 11.7. The number of nitrogens with one attached hydrogen (secondary N) is 1. The van der Waals surface area contributed by atoms with Gasteiger partial charge in [-0.2, -0.15) is 0 Å². The van der Waals surface area contributed by atoms with Crippen molar-refractivity contribution in [1.82, 2.24) is 10.1 Å². The summed E-state index contributed by atoms with van der Waals surface area (Å²) in [5, 5.41) is 6.43. The minimum absolute atomic E-state index is 0.0589. The zero-order chi connectivity index (χ0) is 18.7. The van der Waals surface area contributed by atoms with Crippen molar-refractivity contribution in [2.45, 2.75) is 72.6 Å². The minimum atomic E-state index is -0.239. The normalized spacial score (nSPS) is 10.9. The molecule has 1 heterocycles. The zero-order valence-electron chi connectivity index (χ0n) is 16.1. The molecule has 0 saturated carbocycles. The van der Waals surface area contributed by atoms with Crippen molar-refractivity contribution in [3.8, 4) is 0 Å². The van der Waals surface area contributed by atoms with E-state index in [2.05, 4.69) is 31.2 Å². The summed E-state index contributed by atoms with van der Waals surface area (Å²) in [5.74, 6) is 1.33. The Bertz CT molecular complexity index is 526. The van der Waals surface area contributed by atoms with Crippen LogP contribution < -0.4 is 5.32 Å². The molecule has 1 rings (SSSR count). The number of hydrogen-bond acceptors (Lipinski definition) is 4. The molecular weight excluding hydrogens is 318 g/mol. The van der Waals surface area contributed by atoms with Crippen LogP contribution in [0.1, 0.15) is 71.5 Å². The topological polar surface area (TPSA) is 75.4 Å². The van der Waals surface area contributed by atoms with Gasteiger partial charge in [-0.25, -0.2) is 0 Å². The van der Waals surface area contributed by atoms with E-state index in [1.807, 2.05) is 0 Å². The third-order valence-corrected chi connectivity index (χ3v) is 4.05. The van der Waals surface area contributed by atoms with E-state index in [4.69, 9.17) is 4.52 Å². The van der Waals surface area contributed by atoms with Gasteiger partial charge in [0.05, 0.1) is 6.54 Å². The smallest absolute Gasteiger partial charge is 0.245 e. The maximum absolute atomic E-state index is 12.5. The molecule has 0 aliphatic carbocycles. The average Bonchev–Trinajstić information content (AvgIpc) is 2.95. The van der Waals surface area contributed by atoms with Gasteiger partial charge in [-0.1, -0.05) is 51.6 Å². The standard InChI is InChI=1S/C19H33N3O3/c1-5-6-7-8-9-10-19(24)22(12-11-15(2)3)14-18(23)20-17-13-16(4)25-21-17/h13,15H,5-12,14H2,1-4H3,(H,20,21,23). The molecule has 0 radical (unpaired) electrons. The molecule has 0 atom stereocenters. The van der Waals surface area contributed by atoms with Crippen LogP contribution in [0, 0.1) is 12.8 Å². The van der Waals surface area contributed by atoms with Crippen LogP contribution in [-0.4, -0.2) is 35.0 Å². The van der Waals surface area contributed by atoms with Gasteiger partial charge < -0.3 is 14.7 Å². The van der Waals surface area contributed by atoms with Crippen LogP contribution in [0.2, 0.25) is 0 Å². The van der Waals surface area contributed by atoms with Gasteiger partial charge in [-0.3, -0.25) is 9.59 Å². The maximum Gasteiger partial charge on any atom is 0.245 e. The lowest BCUT2D eigenvalue weighted by Crippen LogP contribution is -2.39. The number of rotatable bonds is 12. The summed E-state index contributed by atoms with van der Waals surface area (Å²) in [6, 6.07) is 1.66. The molecule has 25 heavy (non-hydrogen) atoms. The Morgan fingerprint density at radius 2 is 1.96 bits per heavy atom. The van der Waals surface area contributed by atoms with Crippen LogP contribution in [0.4, 0.5) is 5.82 Å². The Hall–Kier alpha value is -1.85. The number of unbranched alkanes of at least 4 members (excludes halogenated alkanes) is 4. The summed E-state index contributed by atoms with van der Waals surface area (Å²) in [7, 11) is 0. The van der Waals surface area contributed by atoms with E-state index in [1.165, 1.54) is 19.3 Å². The summed E-state index contributed by atoms with van der Waals surface area (Å²) in [6.07, 6.45) is 6.93. The second-order valence-corrected chi connectivity index (χ2v) is 7.03. The first-order valence-electron chi connectivity index (χ1n) is 9.43. The molecule has 0 aliphatic heterocycles. The summed E-state index contributed by atoms with van der Waals surface area (Å²) in [5.41, 5.74) is 0. The molecule has 0 aromatic carbocycles. The van der Waals surface area contributed by atoms with Crippen molar-refractivity contribution >= 4 is 17.6 Å². The van der Waals surface area contributed by atoms with Crippen LogP contribution in [0.25, 0.3) is 0 Å².